The highest BCUT2D eigenvalue weighted by atomic mass is 16.5. The molecule has 0 aromatic heterocycles. The number of hydrogen-bond acceptors (Lipinski definition) is 3. The third kappa shape index (κ3) is 4.94. The van der Waals surface area contributed by atoms with Crippen LogP contribution in [0.5, 0.6) is 0 Å². The predicted molar refractivity (Wildman–Crippen MR) is 62.1 cm³/mol. The van der Waals surface area contributed by atoms with Crippen LogP contribution in [0.3, 0.4) is 0 Å². The van der Waals surface area contributed by atoms with Crippen molar-refractivity contribution in [2.45, 2.75) is 39.0 Å². The van der Waals surface area contributed by atoms with Crippen LogP contribution in [0.1, 0.15) is 39.0 Å². The number of aliphatic hydroxyl groups is 1. The highest BCUT2D eigenvalue weighted by Gasteiger charge is 2.41. The van der Waals surface area contributed by atoms with Crippen LogP contribution >= 0.6 is 0 Å². The van der Waals surface area contributed by atoms with E-state index in [0.717, 1.165) is 32.3 Å². The van der Waals surface area contributed by atoms with E-state index >= 15 is 0 Å². The van der Waals surface area contributed by atoms with E-state index in [1.807, 2.05) is 6.92 Å². The van der Waals surface area contributed by atoms with Crippen molar-refractivity contribution in [1.29, 1.82) is 0 Å². The van der Waals surface area contributed by atoms with Crippen molar-refractivity contribution in [3.8, 4) is 0 Å². The zero-order valence-electron chi connectivity index (χ0n) is 10.1. The summed E-state index contributed by atoms with van der Waals surface area (Å²) in [5.41, 5.74) is 0.203. The fourth-order valence-corrected chi connectivity index (χ4v) is 1.71. The van der Waals surface area contributed by atoms with E-state index in [1.165, 1.54) is 0 Å². The predicted octanol–water partition coefficient (Wildman–Crippen LogP) is 1.08. The Bertz CT molecular complexity index is 214. The number of carbonyl (C=O) groups excluding carboxylic acids is 1. The first-order valence-electron chi connectivity index (χ1n) is 6.18. The molecule has 0 aromatic carbocycles. The maximum Gasteiger partial charge on any atom is 0.222 e. The number of hydrogen-bond donors (Lipinski definition) is 2. The molecule has 1 amide bonds. The molecule has 0 heterocycles. The van der Waals surface area contributed by atoms with Gasteiger partial charge in [0.1, 0.15) is 0 Å². The summed E-state index contributed by atoms with van der Waals surface area (Å²) in [5, 5.41) is 11.8. The van der Waals surface area contributed by atoms with Crippen LogP contribution in [0.4, 0.5) is 0 Å². The van der Waals surface area contributed by atoms with E-state index in [1.54, 1.807) is 0 Å². The Morgan fingerprint density at radius 2 is 2.19 bits per heavy atom. The van der Waals surface area contributed by atoms with E-state index in [0.29, 0.717) is 19.6 Å². The monoisotopic (exact) mass is 229 g/mol. The van der Waals surface area contributed by atoms with E-state index in [-0.39, 0.29) is 17.9 Å². The maximum absolute atomic E-state index is 11.4. The first-order valence-corrected chi connectivity index (χ1v) is 6.18. The van der Waals surface area contributed by atoms with Crippen molar-refractivity contribution >= 4 is 5.91 Å². The molecule has 0 aromatic rings. The van der Waals surface area contributed by atoms with E-state index in [2.05, 4.69) is 5.32 Å². The molecule has 1 saturated carbocycles. The van der Waals surface area contributed by atoms with Crippen molar-refractivity contribution in [1.82, 2.24) is 5.32 Å². The van der Waals surface area contributed by atoms with Gasteiger partial charge in [0.2, 0.25) is 5.91 Å². The van der Waals surface area contributed by atoms with Crippen LogP contribution in [-0.2, 0) is 9.53 Å². The van der Waals surface area contributed by atoms with Gasteiger partial charge in [-0.25, -0.2) is 0 Å². The van der Waals surface area contributed by atoms with Crippen LogP contribution in [-0.4, -0.2) is 37.4 Å². The Labute approximate surface area is 97.4 Å². The summed E-state index contributed by atoms with van der Waals surface area (Å²) in [4.78, 5) is 11.4. The van der Waals surface area contributed by atoms with Crippen LogP contribution in [0.15, 0.2) is 0 Å². The lowest BCUT2D eigenvalue weighted by molar-refractivity contribution is -0.122. The molecule has 2 N–H and O–H groups in total. The second kappa shape index (κ2) is 6.86. The van der Waals surface area contributed by atoms with Gasteiger partial charge in [-0.1, -0.05) is 6.92 Å². The Morgan fingerprint density at radius 3 is 2.75 bits per heavy atom. The summed E-state index contributed by atoms with van der Waals surface area (Å²) >= 11 is 0. The maximum atomic E-state index is 11.4. The molecule has 1 aliphatic rings. The van der Waals surface area contributed by atoms with E-state index in [9.17, 15) is 4.79 Å². The fourth-order valence-electron chi connectivity index (χ4n) is 1.71. The minimum absolute atomic E-state index is 0.0558. The summed E-state index contributed by atoms with van der Waals surface area (Å²) in [7, 11) is 0. The lowest BCUT2D eigenvalue weighted by Crippen LogP contribution is -2.31. The zero-order valence-corrected chi connectivity index (χ0v) is 10.1. The van der Waals surface area contributed by atoms with Gasteiger partial charge in [-0.15, -0.1) is 0 Å². The molecular weight excluding hydrogens is 206 g/mol. The smallest absolute Gasteiger partial charge is 0.222 e. The SMILES string of the molecule is CCCOCCC(=O)NCC1(CCO)CC1. The molecule has 0 spiro atoms. The summed E-state index contributed by atoms with van der Waals surface area (Å²) in [6.45, 7) is 4.20. The molecule has 0 bridgehead atoms. The summed E-state index contributed by atoms with van der Waals surface area (Å²) in [6.07, 6.45) is 4.48. The standard InChI is InChI=1S/C12H23NO3/c1-2-8-16-9-3-11(15)13-10-12(4-5-12)6-7-14/h14H,2-10H2,1H3,(H,13,15). The number of ether oxygens (including phenoxy) is 1. The molecule has 0 saturated heterocycles. The van der Waals surface area contributed by atoms with Gasteiger partial charge in [0, 0.05) is 26.2 Å². The first-order chi connectivity index (χ1) is 7.72. The van der Waals surface area contributed by atoms with Crippen LogP contribution in [0.25, 0.3) is 0 Å². The van der Waals surface area contributed by atoms with Crippen molar-refractivity contribution in [3.63, 3.8) is 0 Å². The molecule has 1 fully saturated rings. The van der Waals surface area contributed by atoms with Crippen LogP contribution in [0, 0.1) is 5.41 Å². The van der Waals surface area contributed by atoms with Gasteiger partial charge in [-0.05, 0) is 31.1 Å². The molecule has 1 rings (SSSR count). The molecular formula is C12H23NO3. The lowest BCUT2D eigenvalue weighted by Gasteiger charge is -2.14. The van der Waals surface area contributed by atoms with Crippen molar-refractivity contribution in [2.75, 3.05) is 26.4 Å². The van der Waals surface area contributed by atoms with Crippen LogP contribution in [0.2, 0.25) is 0 Å². The Hall–Kier alpha value is -0.610. The Balaban J connectivity index is 2.02. The Morgan fingerprint density at radius 1 is 1.44 bits per heavy atom. The summed E-state index contributed by atoms with van der Waals surface area (Å²) in [5.74, 6) is 0.0558. The second-order valence-corrected chi connectivity index (χ2v) is 4.61. The first kappa shape index (κ1) is 13.5. The van der Waals surface area contributed by atoms with Gasteiger partial charge in [0.05, 0.1) is 6.61 Å². The van der Waals surface area contributed by atoms with E-state index < -0.39 is 0 Å². The van der Waals surface area contributed by atoms with Gasteiger partial charge in [0.25, 0.3) is 0 Å². The van der Waals surface area contributed by atoms with Crippen LogP contribution < -0.4 is 5.32 Å². The van der Waals surface area contributed by atoms with Crippen molar-refractivity contribution in [3.05, 3.63) is 0 Å². The highest BCUT2D eigenvalue weighted by molar-refractivity contribution is 5.76. The zero-order chi connectivity index (χ0) is 11.9. The molecule has 4 nitrogen and oxygen atoms in total. The molecule has 0 aliphatic heterocycles. The lowest BCUT2D eigenvalue weighted by atomic mass is 10.0. The second-order valence-electron chi connectivity index (χ2n) is 4.61. The Kier molecular flexibility index (Phi) is 5.77. The number of carbonyl (C=O) groups is 1. The molecule has 94 valence electrons. The average Bonchev–Trinajstić information content (AvgIpc) is 3.03. The summed E-state index contributed by atoms with van der Waals surface area (Å²) < 4.78 is 5.25. The quantitative estimate of drug-likeness (QED) is 0.582. The number of aliphatic hydroxyl groups excluding tert-OH is 1. The average molecular weight is 229 g/mol. The minimum Gasteiger partial charge on any atom is -0.396 e. The van der Waals surface area contributed by atoms with Gasteiger partial charge >= 0.3 is 0 Å². The number of rotatable bonds is 9. The topological polar surface area (TPSA) is 58.6 Å². The molecule has 16 heavy (non-hydrogen) atoms. The fraction of sp³-hybridized carbons (Fsp3) is 0.917. The highest BCUT2D eigenvalue weighted by Crippen LogP contribution is 2.47. The molecule has 1 aliphatic carbocycles. The normalized spacial score (nSPS) is 17.1. The van der Waals surface area contributed by atoms with Crippen molar-refractivity contribution < 1.29 is 14.6 Å². The molecule has 0 atom stereocenters. The van der Waals surface area contributed by atoms with Gasteiger partial charge < -0.3 is 15.2 Å². The minimum atomic E-state index is 0.0558. The molecule has 0 unspecified atom stereocenters. The van der Waals surface area contributed by atoms with E-state index in [4.69, 9.17) is 9.84 Å². The number of amides is 1. The molecule has 4 heteroatoms. The molecule has 0 radical (unpaired) electrons. The van der Waals surface area contributed by atoms with Gasteiger partial charge in [0.15, 0.2) is 0 Å². The number of nitrogens with one attached hydrogen (secondary N) is 1. The van der Waals surface area contributed by atoms with Gasteiger partial charge in [-0.2, -0.15) is 0 Å². The largest absolute Gasteiger partial charge is 0.396 e. The third-order valence-corrected chi connectivity index (χ3v) is 3.08. The van der Waals surface area contributed by atoms with Gasteiger partial charge in [-0.3, -0.25) is 4.79 Å². The van der Waals surface area contributed by atoms with Crippen molar-refractivity contribution in [2.24, 2.45) is 5.41 Å². The summed E-state index contributed by atoms with van der Waals surface area (Å²) in [6, 6.07) is 0. The third-order valence-electron chi connectivity index (χ3n) is 3.08.